The van der Waals surface area contributed by atoms with E-state index in [1.54, 1.807) is 0 Å². The Kier molecular flexibility index (Phi) is 5.83. The average Bonchev–Trinajstić information content (AvgIpc) is 2.69. The minimum Gasteiger partial charge on any atom is -0.385 e. The molecule has 0 aliphatic rings. The van der Waals surface area contributed by atoms with Gasteiger partial charge in [-0.25, -0.2) is 0 Å². The molecule has 0 aliphatic carbocycles. The zero-order valence-electron chi connectivity index (χ0n) is 14.1. The van der Waals surface area contributed by atoms with Gasteiger partial charge in [0.2, 0.25) is 0 Å². The quantitative estimate of drug-likeness (QED) is 0.661. The van der Waals surface area contributed by atoms with Crippen molar-refractivity contribution in [2.45, 2.75) is 12.5 Å². The van der Waals surface area contributed by atoms with Crippen LogP contribution >= 0.6 is 0 Å². The maximum atomic E-state index is 12.5. The van der Waals surface area contributed by atoms with Crippen LogP contribution in [0.1, 0.15) is 28.4 Å². The summed E-state index contributed by atoms with van der Waals surface area (Å²) >= 11 is 0. The molecule has 25 heavy (non-hydrogen) atoms. The number of benzene rings is 3. The highest BCUT2D eigenvalue weighted by molar-refractivity contribution is 5.94. The number of carbonyl (C=O) groups excluding carboxylic acids is 1. The molecule has 0 heterocycles. The van der Waals surface area contributed by atoms with Crippen LogP contribution in [-0.2, 0) is 0 Å². The first kappa shape index (κ1) is 16.8. The lowest BCUT2D eigenvalue weighted by Gasteiger charge is -2.20. The van der Waals surface area contributed by atoms with E-state index in [2.05, 4.69) is 22.8 Å². The summed E-state index contributed by atoms with van der Waals surface area (Å²) in [6.45, 7) is 0.776. The van der Waals surface area contributed by atoms with Crippen molar-refractivity contribution in [2.75, 3.05) is 11.9 Å². The van der Waals surface area contributed by atoms with Gasteiger partial charge in [0.15, 0.2) is 0 Å². The van der Waals surface area contributed by atoms with Crippen molar-refractivity contribution in [3.8, 4) is 0 Å². The number of rotatable bonds is 7. The van der Waals surface area contributed by atoms with E-state index in [1.165, 1.54) is 0 Å². The summed E-state index contributed by atoms with van der Waals surface area (Å²) in [6.07, 6.45) is 0.803. The average molecular weight is 330 g/mol. The van der Waals surface area contributed by atoms with Gasteiger partial charge in [0.05, 0.1) is 6.04 Å². The molecule has 1 atom stereocenters. The minimum absolute atomic E-state index is 0.0369. The molecule has 0 aliphatic heterocycles. The molecule has 0 aromatic heterocycles. The van der Waals surface area contributed by atoms with Crippen LogP contribution < -0.4 is 10.6 Å². The predicted molar refractivity (Wildman–Crippen MR) is 103 cm³/mol. The molecule has 0 radical (unpaired) electrons. The molecular formula is C22H22N2O. The zero-order valence-corrected chi connectivity index (χ0v) is 14.1. The van der Waals surface area contributed by atoms with Gasteiger partial charge in [0.1, 0.15) is 0 Å². The molecule has 1 unspecified atom stereocenters. The van der Waals surface area contributed by atoms with Crippen molar-refractivity contribution in [3.63, 3.8) is 0 Å². The second-order valence-corrected chi connectivity index (χ2v) is 5.88. The van der Waals surface area contributed by atoms with Crippen molar-refractivity contribution < 1.29 is 4.79 Å². The van der Waals surface area contributed by atoms with E-state index in [1.807, 2.05) is 78.9 Å². The predicted octanol–water partition coefficient (Wildman–Crippen LogP) is 4.66. The fraction of sp³-hybridized carbons (Fsp3) is 0.136. The third kappa shape index (κ3) is 4.95. The van der Waals surface area contributed by atoms with E-state index in [9.17, 15) is 4.79 Å². The summed E-state index contributed by atoms with van der Waals surface area (Å²) in [5, 5.41) is 6.56. The fourth-order valence-corrected chi connectivity index (χ4v) is 2.76. The van der Waals surface area contributed by atoms with E-state index in [0.29, 0.717) is 5.56 Å². The number of nitrogens with one attached hydrogen (secondary N) is 2. The first-order chi connectivity index (χ1) is 12.3. The van der Waals surface area contributed by atoms with Crippen LogP contribution in [0.3, 0.4) is 0 Å². The lowest BCUT2D eigenvalue weighted by atomic mass is 10.0. The van der Waals surface area contributed by atoms with Crippen LogP contribution in [0.25, 0.3) is 0 Å². The molecule has 3 rings (SSSR count). The summed E-state index contributed by atoms with van der Waals surface area (Å²) in [5.41, 5.74) is 2.88. The van der Waals surface area contributed by atoms with Gasteiger partial charge < -0.3 is 10.6 Å². The van der Waals surface area contributed by atoms with Crippen molar-refractivity contribution >= 4 is 11.6 Å². The molecule has 3 heteroatoms. The summed E-state index contributed by atoms with van der Waals surface area (Å²) in [5.74, 6) is -0.0471. The van der Waals surface area contributed by atoms with E-state index < -0.39 is 0 Å². The SMILES string of the molecule is O=C(NC(CCNc1ccccc1)c1ccccc1)c1ccccc1. The lowest BCUT2D eigenvalue weighted by molar-refractivity contribution is 0.0935. The highest BCUT2D eigenvalue weighted by Crippen LogP contribution is 2.18. The Labute approximate surface area is 148 Å². The van der Waals surface area contributed by atoms with Crippen LogP contribution in [0.15, 0.2) is 91.0 Å². The maximum Gasteiger partial charge on any atom is 0.251 e. The van der Waals surface area contributed by atoms with Crippen molar-refractivity contribution in [1.29, 1.82) is 0 Å². The third-order valence-corrected chi connectivity index (χ3v) is 4.08. The van der Waals surface area contributed by atoms with Gasteiger partial charge in [0, 0.05) is 17.8 Å². The van der Waals surface area contributed by atoms with Gasteiger partial charge in [0.25, 0.3) is 5.91 Å². The molecule has 0 bridgehead atoms. The molecular weight excluding hydrogens is 308 g/mol. The van der Waals surface area contributed by atoms with Crippen LogP contribution in [0.2, 0.25) is 0 Å². The van der Waals surface area contributed by atoms with Crippen LogP contribution in [0, 0.1) is 0 Å². The second-order valence-electron chi connectivity index (χ2n) is 5.88. The molecule has 0 spiro atoms. The van der Waals surface area contributed by atoms with Crippen LogP contribution in [0.4, 0.5) is 5.69 Å². The number of para-hydroxylation sites is 1. The first-order valence-electron chi connectivity index (χ1n) is 8.53. The normalized spacial score (nSPS) is 11.5. The van der Waals surface area contributed by atoms with E-state index >= 15 is 0 Å². The Hall–Kier alpha value is -3.07. The molecule has 0 saturated carbocycles. The monoisotopic (exact) mass is 330 g/mol. The molecule has 0 saturated heterocycles. The van der Waals surface area contributed by atoms with Crippen molar-refractivity contribution in [1.82, 2.24) is 5.32 Å². The van der Waals surface area contributed by atoms with Crippen LogP contribution in [0.5, 0.6) is 0 Å². The number of anilines is 1. The van der Waals surface area contributed by atoms with E-state index in [-0.39, 0.29) is 11.9 Å². The van der Waals surface area contributed by atoms with Crippen molar-refractivity contribution in [3.05, 3.63) is 102 Å². The van der Waals surface area contributed by atoms with Crippen molar-refractivity contribution in [2.24, 2.45) is 0 Å². The summed E-state index contributed by atoms with van der Waals surface area (Å²) in [4.78, 5) is 12.5. The highest BCUT2D eigenvalue weighted by Gasteiger charge is 2.15. The fourth-order valence-electron chi connectivity index (χ4n) is 2.76. The highest BCUT2D eigenvalue weighted by atomic mass is 16.1. The smallest absolute Gasteiger partial charge is 0.251 e. The number of hydrogen-bond donors (Lipinski definition) is 2. The Bertz CT molecular complexity index is 773. The van der Waals surface area contributed by atoms with Gasteiger partial charge in [-0.1, -0.05) is 66.7 Å². The molecule has 3 aromatic carbocycles. The summed E-state index contributed by atoms with van der Waals surface area (Å²) in [7, 11) is 0. The van der Waals surface area contributed by atoms with Gasteiger partial charge in [-0.2, -0.15) is 0 Å². The Balaban J connectivity index is 1.66. The molecule has 126 valence electrons. The lowest BCUT2D eigenvalue weighted by Crippen LogP contribution is -2.29. The molecule has 3 aromatic rings. The van der Waals surface area contributed by atoms with Crippen LogP contribution in [-0.4, -0.2) is 12.5 Å². The Morgan fingerprint density at radius 2 is 1.32 bits per heavy atom. The third-order valence-electron chi connectivity index (χ3n) is 4.08. The molecule has 3 nitrogen and oxygen atoms in total. The minimum atomic E-state index is -0.0471. The standard InChI is InChI=1S/C22H22N2O/c25-22(19-12-6-2-7-13-19)24-21(18-10-4-1-5-11-18)16-17-23-20-14-8-3-9-15-20/h1-15,21,23H,16-17H2,(H,24,25). The van der Waals surface area contributed by atoms with Gasteiger partial charge >= 0.3 is 0 Å². The number of carbonyl (C=O) groups is 1. The molecule has 2 N–H and O–H groups in total. The summed E-state index contributed by atoms with van der Waals surface area (Å²) < 4.78 is 0. The maximum absolute atomic E-state index is 12.5. The van der Waals surface area contributed by atoms with Gasteiger partial charge in [-0.3, -0.25) is 4.79 Å². The molecule has 0 fully saturated rings. The van der Waals surface area contributed by atoms with E-state index in [4.69, 9.17) is 0 Å². The zero-order chi connectivity index (χ0) is 17.3. The van der Waals surface area contributed by atoms with Gasteiger partial charge in [-0.05, 0) is 36.2 Å². The Morgan fingerprint density at radius 1 is 0.760 bits per heavy atom. The second kappa shape index (κ2) is 8.69. The first-order valence-corrected chi connectivity index (χ1v) is 8.53. The Morgan fingerprint density at radius 3 is 1.96 bits per heavy atom. The van der Waals surface area contributed by atoms with Gasteiger partial charge in [-0.15, -0.1) is 0 Å². The topological polar surface area (TPSA) is 41.1 Å². The van der Waals surface area contributed by atoms with E-state index in [0.717, 1.165) is 24.2 Å². The number of amides is 1. The largest absolute Gasteiger partial charge is 0.385 e. The molecule has 1 amide bonds. The number of hydrogen-bond acceptors (Lipinski definition) is 2. The summed E-state index contributed by atoms with van der Waals surface area (Å²) in [6, 6.07) is 29.5.